The number of hydrogen-bond acceptors (Lipinski definition) is 10. The second-order valence-corrected chi connectivity index (χ2v) is 20.8. The summed E-state index contributed by atoms with van der Waals surface area (Å²) in [5, 5.41) is 7.05. The largest absolute Gasteiger partial charge is 0.501 e. The van der Waals surface area contributed by atoms with Gasteiger partial charge in [-0.05, 0) is 129 Å². The van der Waals surface area contributed by atoms with Crippen molar-refractivity contribution >= 4 is 66.1 Å². The van der Waals surface area contributed by atoms with Crippen LogP contribution in [0.3, 0.4) is 0 Å². The molecule has 61 heavy (non-hydrogen) atoms. The molecule has 326 valence electrons. The number of allylic oxidation sites excluding steroid dienone is 1. The molecule has 1 aliphatic heterocycles. The summed E-state index contributed by atoms with van der Waals surface area (Å²) >= 11 is 7.59. The quantitative estimate of drug-likeness (QED) is 0.0887. The van der Waals surface area contributed by atoms with Crippen LogP contribution in [0, 0.1) is 0 Å². The molecule has 2 aliphatic carbocycles. The maximum absolute atomic E-state index is 14.1. The number of hydrogen-bond donors (Lipinski definition) is 3. The van der Waals surface area contributed by atoms with Crippen LogP contribution >= 0.6 is 23.4 Å². The van der Waals surface area contributed by atoms with Gasteiger partial charge in [0.15, 0.2) is 0 Å². The Balaban J connectivity index is 1.01. The van der Waals surface area contributed by atoms with Crippen LogP contribution in [0.1, 0.15) is 60.9 Å². The fourth-order valence-corrected chi connectivity index (χ4v) is 10.8. The molecule has 0 aromatic heterocycles. The SMILES string of the molecule is O=C(NS(=O)(=O)c1ccc(N[C@H](CCNC2CC2)CSc2ccccc2)c(S(=O)(=O)C(F)(F)F)c1)c1ccc(N2CCN(CC3=C(c4ccc(Cl)cc4)CCCC3)CC2)cc1. The number of carbonyl (C=O) groups is 1. The minimum absolute atomic E-state index is 0.00455. The molecule has 4 aromatic carbocycles. The van der Waals surface area contributed by atoms with E-state index in [-0.39, 0.29) is 5.56 Å². The maximum Gasteiger partial charge on any atom is 0.501 e. The molecule has 3 aliphatic rings. The first-order valence-corrected chi connectivity index (χ1v) is 24.7. The van der Waals surface area contributed by atoms with Gasteiger partial charge < -0.3 is 15.5 Å². The lowest BCUT2D eigenvalue weighted by Gasteiger charge is -2.37. The van der Waals surface area contributed by atoms with Crippen molar-refractivity contribution in [1.29, 1.82) is 0 Å². The number of sulfonamides is 1. The highest BCUT2D eigenvalue weighted by molar-refractivity contribution is 7.99. The molecule has 1 atom stereocenters. The highest BCUT2D eigenvalue weighted by Crippen LogP contribution is 2.37. The zero-order valence-corrected chi connectivity index (χ0v) is 36.7. The predicted molar refractivity (Wildman–Crippen MR) is 236 cm³/mol. The summed E-state index contributed by atoms with van der Waals surface area (Å²) in [5.41, 5.74) is -1.15. The van der Waals surface area contributed by atoms with Gasteiger partial charge in [0, 0.05) is 71.7 Å². The number of alkyl halides is 3. The number of sulfone groups is 1. The molecule has 0 radical (unpaired) electrons. The van der Waals surface area contributed by atoms with Gasteiger partial charge in [-0.15, -0.1) is 11.8 Å². The van der Waals surface area contributed by atoms with E-state index in [2.05, 4.69) is 32.6 Å². The first-order valence-electron chi connectivity index (χ1n) is 20.4. The standard InChI is InChI=1S/C44H49ClF3N5O5S3/c45-34-14-10-31(11-15-34)40-9-5-4-6-33(40)29-52-24-26-53(27-25-52)37-18-12-32(13-19-37)43(54)51-61(57,58)39-20-21-41(42(28-39)60(55,56)44(46,47)48)50-36(22-23-49-35-16-17-35)30-59-38-7-2-1-3-8-38/h1-3,7-8,10-15,18-21,28,35-36,49-50H,4-6,9,16-17,22-27,29-30H2,(H,51,54)/t36-/m1/s1. The average molecular weight is 917 g/mol. The van der Waals surface area contributed by atoms with E-state index in [1.165, 1.54) is 53.4 Å². The molecule has 3 N–H and O–H groups in total. The van der Waals surface area contributed by atoms with Crippen LogP contribution in [-0.2, 0) is 19.9 Å². The van der Waals surface area contributed by atoms with E-state index in [9.17, 15) is 34.8 Å². The van der Waals surface area contributed by atoms with Gasteiger partial charge in [0.2, 0.25) is 0 Å². The fraction of sp³-hybridized carbons (Fsp3) is 0.386. The van der Waals surface area contributed by atoms with E-state index in [1.54, 1.807) is 12.1 Å². The third-order valence-corrected chi connectivity index (χ3v) is 15.5. The summed E-state index contributed by atoms with van der Waals surface area (Å²) in [6, 6.07) is 26.2. The van der Waals surface area contributed by atoms with Crippen molar-refractivity contribution in [1.82, 2.24) is 14.9 Å². The summed E-state index contributed by atoms with van der Waals surface area (Å²) in [6.45, 7) is 4.62. The summed E-state index contributed by atoms with van der Waals surface area (Å²) in [5.74, 6) is -0.630. The number of anilines is 2. The Bertz CT molecular complexity index is 2410. The Morgan fingerprint density at radius 1 is 0.852 bits per heavy atom. The smallest absolute Gasteiger partial charge is 0.380 e. The zero-order chi connectivity index (χ0) is 43.2. The Hall–Kier alpha value is -4.06. The van der Waals surface area contributed by atoms with Crippen LogP contribution < -0.4 is 20.3 Å². The molecule has 10 nitrogen and oxygen atoms in total. The fourth-order valence-electron chi connectivity index (χ4n) is 7.66. The summed E-state index contributed by atoms with van der Waals surface area (Å²) in [4.78, 5) is 16.8. The van der Waals surface area contributed by atoms with Crippen LogP contribution in [0.2, 0.25) is 5.02 Å². The molecule has 1 saturated carbocycles. The van der Waals surface area contributed by atoms with Gasteiger partial charge >= 0.3 is 5.51 Å². The minimum Gasteiger partial charge on any atom is -0.380 e. The van der Waals surface area contributed by atoms with Crippen LogP contribution in [-0.4, -0.2) is 90.3 Å². The topological polar surface area (TPSA) is 128 Å². The molecule has 2 fully saturated rings. The van der Waals surface area contributed by atoms with E-state index in [0.717, 1.165) is 86.1 Å². The van der Waals surface area contributed by atoms with Gasteiger partial charge in [0.1, 0.15) is 4.90 Å². The van der Waals surface area contributed by atoms with E-state index in [1.807, 2.05) is 47.2 Å². The number of thioether (sulfide) groups is 1. The number of halogens is 4. The molecule has 17 heteroatoms. The Kier molecular flexibility index (Phi) is 14.4. The third-order valence-electron chi connectivity index (χ3n) is 11.2. The molecular weight excluding hydrogens is 867 g/mol. The molecule has 0 bridgehead atoms. The van der Waals surface area contributed by atoms with Gasteiger partial charge in [-0.1, -0.05) is 47.5 Å². The molecule has 1 heterocycles. The van der Waals surface area contributed by atoms with Gasteiger partial charge in [0.25, 0.3) is 25.8 Å². The van der Waals surface area contributed by atoms with Crippen molar-refractivity contribution in [2.75, 3.05) is 55.2 Å². The first-order chi connectivity index (χ1) is 29.2. The Morgan fingerprint density at radius 3 is 2.21 bits per heavy atom. The highest BCUT2D eigenvalue weighted by atomic mass is 35.5. The van der Waals surface area contributed by atoms with Crippen molar-refractivity contribution in [3.05, 3.63) is 119 Å². The highest BCUT2D eigenvalue weighted by Gasteiger charge is 2.48. The van der Waals surface area contributed by atoms with Crippen LogP contribution in [0.15, 0.2) is 117 Å². The second kappa shape index (κ2) is 19.5. The van der Waals surface area contributed by atoms with Gasteiger partial charge in [0.05, 0.1) is 10.6 Å². The zero-order valence-electron chi connectivity index (χ0n) is 33.5. The predicted octanol–water partition coefficient (Wildman–Crippen LogP) is 8.62. The van der Waals surface area contributed by atoms with E-state index >= 15 is 0 Å². The van der Waals surface area contributed by atoms with Crippen LogP contribution in [0.5, 0.6) is 0 Å². The number of rotatable bonds is 17. The van der Waals surface area contributed by atoms with Crippen molar-refractivity contribution in [3.8, 4) is 0 Å². The lowest BCUT2D eigenvalue weighted by Crippen LogP contribution is -2.47. The van der Waals surface area contributed by atoms with Crippen molar-refractivity contribution in [3.63, 3.8) is 0 Å². The number of benzene rings is 4. The molecule has 1 saturated heterocycles. The Labute approximate surface area is 365 Å². The van der Waals surface area contributed by atoms with E-state index < -0.39 is 52.8 Å². The lowest BCUT2D eigenvalue weighted by molar-refractivity contribution is -0.0435. The summed E-state index contributed by atoms with van der Waals surface area (Å²) < 4.78 is 97.0. The average Bonchev–Trinajstić information content (AvgIpc) is 4.08. The Morgan fingerprint density at radius 2 is 1.54 bits per heavy atom. The number of amides is 1. The number of nitrogens with zero attached hydrogens (tertiary/aromatic N) is 2. The second-order valence-electron chi connectivity index (χ2n) is 15.6. The van der Waals surface area contributed by atoms with Crippen molar-refractivity contribution in [2.24, 2.45) is 0 Å². The molecule has 4 aromatic rings. The lowest BCUT2D eigenvalue weighted by atomic mass is 9.87. The van der Waals surface area contributed by atoms with Crippen LogP contribution in [0.4, 0.5) is 24.5 Å². The minimum atomic E-state index is -6.03. The molecule has 1 amide bonds. The third kappa shape index (κ3) is 11.7. The molecular formula is C44H49ClF3N5O5S3. The molecule has 7 rings (SSSR count). The van der Waals surface area contributed by atoms with Gasteiger partial charge in [-0.25, -0.2) is 21.6 Å². The van der Waals surface area contributed by atoms with E-state index in [4.69, 9.17) is 11.6 Å². The summed E-state index contributed by atoms with van der Waals surface area (Å²) in [6.07, 6.45) is 6.99. The molecule has 0 unspecified atom stereocenters. The van der Waals surface area contributed by atoms with Crippen molar-refractivity contribution in [2.45, 2.75) is 77.2 Å². The number of carbonyl (C=O) groups excluding carboxylic acids is 1. The van der Waals surface area contributed by atoms with Gasteiger partial charge in [-0.2, -0.15) is 13.2 Å². The number of piperazine rings is 1. The monoisotopic (exact) mass is 915 g/mol. The van der Waals surface area contributed by atoms with Gasteiger partial charge in [-0.3, -0.25) is 9.69 Å². The summed E-state index contributed by atoms with van der Waals surface area (Å²) in [7, 11) is -10.8. The maximum atomic E-state index is 14.1. The van der Waals surface area contributed by atoms with E-state index in [0.29, 0.717) is 30.8 Å². The van der Waals surface area contributed by atoms with Crippen LogP contribution in [0.25, 0.3) is 5.57 Å². The normalized spacial score (nSPS) is 17.3. The molecule has 0 spiro atoms. The van der Waals surface area contributed by atoms with Crippen molar-refractivity contribution < 1.29 is 34.8 Å². The first kappa shape index (κ1) is 45.0. The number of nitrogens with one attached hydrogen (secondary N) is 3.